The molecule has 0 saturated carbocycles. The standard InChI is InChI=1S/C16H19Cl2N3O2/c17-11-4-5-14(12(18)10-11)20-6-8-21(9-7-20)16(23)13-2-1-3-15(22)19-13/h4-5,10,13H,1-3,6-9H2,(H,19,22)/t13-/m1/s1. The van der Waals surface area contributed by atoms with Crippen LogP contribution in [0.2, 0.25) is 10.0 Å². The second-order valence-corrected chi connectivity index (χ2v) is 6.76. The number of hydrogen-bond donors (Lipinski definition) is 1. The van der Waals surface area contributed by atoms with Crippen molar-refractivity contribution >= 4 is 40.7 Å². The van der Waals surface area contributed by atoms with Crippen LogP contribution in [0.4, 0.5) is 5.69 Å². The SMILES string of the molecule is O=C1CCC[C@H](C(=O)N2CCN(c3ccc(Cl)cc3Cl)CC2)N1. The maximum absolute atomic E-state index is 12.5. The average Bonchev–Trinajstić information content (AvgIpc) is 2.54. The predicted octanol–water partition coefficient (Wildman–Crippen LogP) is 2.31. The molecule has 2 heterocycles. The van der Waals surface area contributed by atoms with Gasteiger partial charge in [-0.25, -0.2) is 0 Å². The minimum atomic E-state index is -0.359. The Labute approximate surface area is 145 Å². The van der Waals surface area contributed by atoms with E-state index in [4.69, 9.17) is 23.2 Å². The van der Waals surface area contributed by atoms with Crippen molar-refractivity contribution in [3.05, 3.63) is 28.2 Å². The van der Waals surface area contributed by atoms with Crippen LogP contribution in [0.15, 0.2) is 18.2 Å². The lowest BCUT2D eigenvalue weighted by atomic mass is 10.0. The molecule has 0 aliphatic carbocycles. The molecule has 124 valence electrons. The zero-order chi connectivity index (χ0) is 16.4. The van der Waals surface area contributed by atoms with E-state index in [0.29, 0.717) is 42.6 Å². The highest BCUT2D eigenvalue weighted by atomic mass is 35.5. The topological polar surface area (TPSA) is 52.7 Å². The molecule has 3 rings (SSSR count). The number of carbonyl (C=O) groups is 2. The van der Waals surface area contributed by atoms with Crippen molar-refractivity contribution in [1.82, 2.24) is 10.2 Å². The van der Waals surface area contributed by atoms with E-state index < -0.39 is 0 Å². The summed E-state index contributed by atoms with van der Waals surface area (Å²) < 4.78 is 0. The van der Waals surface area contributed by atoms with Gasteiger partial charge in [0.05, 0.1) is 10.7 Å². The van der Waals surface area contributed by atoms with Crippen LogP contribution in [0.3, 0.4) is 0 Å². The molecule has 5 nitrogen and oxygen atoms in total. The van der Waals surface area contributed by atoms with Crippen LogP contribution in [0, 0.1) is 0 Å². The fourth-order valence-corrected chi connectivity index (χ4v) is 3.64. The number of nitrogens with zero attached hydrogens (tertiary/aromatic N) is 2. The van der Waals surface area contributed by atoms with Gasteiger partial charge in [0, 0.05) is 37.6 Å². The quantitative estimate of drug-likeness (QED) is 0.885. The van der Waals surface area contributed by atoms with Crippen LogP contribution in [0.25, 0.3) is 0 Å². The number of carbonyl (C=O) groups excluding carboxylic acids is 2. The summed E-state index contributed by atoms with van der Waals surface area (Å²) >= 11 is 12.2. The number of hydrogen-bond acceptors (Lipinski definition) is 3. The summed E-state index contributed by atoms with van der Waals surface area (Å²) in [4.78, 5) is 27.9. The van der Waals surface area contributed by atoms with Gasteiger partial charge in [-0.2, -0.15) is 0 Å². The molecule has 1 atom stereocenters. The van der Waals surface area contributed by atoms with Crippen molar-refractivity contribution < 1.29 is 9.59 Å². The van der Waals surface area contributed by atoms with Crippen molar-refractivity contribution in [2.45, 2.75) is 25.3 Å². The van der Waals surface area contributed by atoms with Gasteiger partial charge in [-0.15, -0.1) is 0 Å². The molecule has 0 bridgehead atoms. The van der Waals surface area contributed by atoms with Crippen molar-refractivity contribution in [2.24, 2.45) is 0 Å². The van der Waals surface area contributed by atoms with Gasteiger partial charge in [-0.3, -0.25) is 9.59 Å². The van der Waals surface area contributed by atoms with E-state index in [2.05, 4.69) is 10.2 Å². The summed E-state index contributed by atoms with van der Waals surface area (Å²) in [5.74, 6) is 0.00100. The molecule has 2 amide bonds. The van der Waals surface area contributed by atoms with Crippen LogP contribution < -0.4 is 10.2 Å². The Morgan fingerprint density at radius 3 is 2.57 bits per heavy atom. The van der Waals surface area contributed by atoms with Crippen molar-refractivity contribution in [1.29, 1.82) is 0 Å². The van der Waals surface area contributed by atoms with Crippen LogP contribution in [-0.2, 0) is 9.59 Å². The highest BCUT2D eigenvalue weighted by molar-refractivity contribution is 6.36. The highest BCUT2D eigenvalue weighted by Gasteiger charge is 2.30. The van der Waals surface area contributed by atoms with E-state index in [1.54, 1.807) is 6.07 Å². The number of nitrogens with one attached hydrogen (secondary N) is 1. The van der Waals surface area contributed by atoms with Crippen molar-refractivity contribution in [2.75, 3.05) is 31.1 Å². The fourth-order valence-electron chi connectivity index (χ4n) is 3.12. The summed E-state index contributed by atoms with van der Waals surface area (Å²) in [5, 5.41) is 4.03. The number of amides is 2. The lowest BCUT2D eigenvalue weighted by Gasteiger charge is -2.38. The first-order valence-electron chi connectivity index (χ1n) is 7.83. The number of halogens is 2. The number of benzene rings is 1. The highest BCUT2D eigenvalue weighted by Crippen LogP contribution is 2.29. The Morgan fingerprint density at radius 1 is 1.17 bits per heavy atom. The summed E-state index contributed by atoms with van der Waals surface area (Å²) in [6.45, 7) is 2.69. The zero-order valence-electron chi connectivity index (χ0n) is 12.7. The number of anilines is 1. The first-order valence-corrected chi connectivity index (χ1v) is 8.58. The smallest absolute Gasteiger partial charge is 0.245 e. The molecule has 0 radical (unpaired) electrons. The molecule has 2 fully saturated rings. The Kier molecular flexibility index (Phi) is 4.97. The molecular weight excluding hydrogens is 337 g/mol. The summed E-state index contributed by atoms with van der Waals surface area (Å²) in [7, 11) is 0. The van der Waals surface area contributed by atoms with E-state index >= 15 is 0 Å². The van der Waals surface area contributed by atoms with E-state index in [1.807, 2.05) is 17.0 Å². The van der Waals surface area contributed by atoms with Crippen LogP contribution in [-0.4, -0.2) is 48.9 Å². The monoisotopic (exact) mass is 355 g/mol. The van der Waals surface area contributed by atoms with Gasteiger partial charge in [0.25, 0.3) is 0 Å². The lowest BCUT2D eigenvalue weighted by molar-refractivity contribution is -0.138. The Hall–Kier alpha value is -1.46. The average molecular weight is 356 g/mol. The molecule has 1 N–H and O–H groups in total. The molecule has 1 aromatic rings. The second kappa shape index (κ2) is 6.97. The van der Waals surface area contributed by atoms with Crippen LogP contribution in [0.1, 0.15) is 19.3 Å². The summed E-state index contributed by atoms with van der Waals surface area (Å²) in [6.07, 6.45) is 2.03. The largest absolute Gasteiger partial charge is 0.367 e. The maximum Gasteiger partial charge on any atom is 0.245 e. The first-order chi connectivity index (χ1) is 11.0. The Bertz CT molecular complexity index is 615. The van der Waals surface area contributed by atoms with Gasteiger partial charge in [-0.1, -0.05) is 23.2 Å². The van der Waals surface area contributed by atoms with Gasteiger partial charge in [0.1, 0.15) is 6.04 Å². The molecule has 23 heavy (non-hydrogen) atoms. The Morgan fingerprint density at radius 2 is 1.91 bits per heavy atom. The van der Waals surface area contributed by atoms with E-state index in [9.17, 15) is 9.59 Å². The molecule has 0 aromatic heterocycles. The van der Waals surface area contributed by atoms with E-state index in [1.165, 1.54) is 0 Å². The third-order valence-corrected chi connectivity index (χ3v) is 4.91. The normalized spacial score (nSPS) is 22.0. The zero-order valence-corrected chi connectivity index (χ0v) is 14.2. The molecule has 0 spiro atoms. The molecule has 0 unspecified atom stereocenters. The Balaban J connectivity index is 1.59. The van der Waals surface area contributed by atoms with Gasteiger partial charge in [0.15, 0.2) is 0 Å². The van der Waals surface area contributed by atoms with E-state index in [0.717, 1.165) is 18.5 Å². The molecule has 2 aliphatic heterocycles. The molecular formula is C16H19Cl2N3O2. The second-order valence-electron chi connectivity index (χ2n) is 5.92. The molecule has 2 aliphatic rings. The number of piperazine rings is 1. The number of piperidine rings is 1. The lowest BCUT2D eigenvalue weighted by Crippen LogP contribution is -2.56. The first kappa shape index (κ1) is 16.4. The van der Waals surface area contributed by atoms with Crippen molar-refractivity contribution in [3.8, 4) is 0 Å². The predicted molar refractivity (Wildman–Crippen MR) is 91.0 cm³/mol. The number of rotatable bonds is 2. The van der Waals surface area contributed by atoms with Crippen molar-refractivity contribution in [3.63, 3.8) is 0 Å². The van der Waals surface area contributed by atoms with Crippen LogP contribution >= 0.6 is 23.2 Å². The maximum atomic E-state index is 12.5. The van der Waals surface area contributed by atoms with Gasteiger partial charge in [-0.05, 0) is 31.0 Å². The summed E-state index contributed by atoms with van der Waals surface area (Å²) in [6, 6.07) is 5.09. The fraction of sp³-hybridized carbons (Fsp3) is 0.500. The molecule has 1 aromatic carbocycles. The van der Waals surface area contributed by atoms with Gasteiger partial charge in [0.2, 0.25) is 11.8 Å². The molecule has 2 saturated heterocycles. The van der Waals surface area contributed by atoms with Crippen LogP contribution in [0.5, 0.6) is 0 Å². The van der Waals surface area contributed by atoms with E-state index in [-0.39, 0.29) is 17.9 Å². The van der Waals surface area contributed by atoms with Gasteiger partial charge >= 0.3 is 0 Å². The third kappa shape index (κ3) is 3.72. The third-order valence-electron chi connectivity index (χ3n) is 4.37. The molecule has 7 heteroatoms. The minimum Gasteiger partial charge on any atom is -0.367 e. The van der Waals surface area contributed by atoms with Gasteiger partial charge < -0.3 is 15.1 Å². The summed E-state index contributed by atoms with van der Waals surface area (Å²) in [5.41, 5.74) is 0.939. The minimum absolute atomic E-state index is 0.0267.